The SMILES string of the molecule is O=C(/C=C/c1ccc(O)cc1)OC1C(Oc2cc(O)c3c(c2)O[C@@H](c2ccc(O)cc2)CC3=O)OC(CO)C(O)C1O. The standard InChI is InChI=1S/C30H28O12/c31-14-24-27(37)28(38)29(42-25(36)10-3-15-1-6-17(32)7-2-15)30(41-24)39-19-11-20(34)26-21(35)13-22(40-23(26)12-19)16-4-8-18(33)9-5-16/h1-12,22,24,27-34,37-38H,13-14H2/b10-3+/t22-,24?,27?,28?,29?,30?/m1/s1. The Hall–Kier alpha value is -4.62. The van der Waals surface area contributed by atoms with Crippen LogP contribution in [0.1, 0.15) is 34.0 Å². The number of aliphatic hydroxyl groups excluding tert-OH is 3. The number of Topliss-reactive ketones (excluding diaryl/α,β-unsaturated/α-hetero) is 1. The lowest BCUT2D eigenvalue weighted by Gasteiger charge is -2.41. The van der Waals surface area contributed by atoms with E-state index in [-0.39, 0.29) is 35.0 Å². The fourth-order valence-electron chi connectivity index (χ4n) is 4.69. The highest BCUT2D eigenvalue weighted by Gasteiger charge is 2.48. The van der Waals surface area contributed by atoms with Crippen LogP contribution in [-0.4, -0.2) is 79.7 Å². The second-order valence-corrected chi connectivity index (χ2v) is 9.79. The Kier molecular flexibility index (Phi) is 8.31. The number of hydrogen-bond donors (Lipinski definition) is 6. The number of phenolic OH excluding ortho intramolecular Hbond substituents is 3. The first kappa shape index (κ1) is 28.9. The molecule has 0 amide bonds. The van der Waals surface area contributed by atoms with Crippen LogP contribution in [0.25, 0.3) is 6.08 Å². The number of hydrogen-bond acceptors (Lipinski definition) is 12. The van der Waals surface area contributed by atoms with Gasteiger partial charge < -0.3 is 49.6 Å². The van der Waals surface area contributed by atoms with Gasteiger partial charge in [-0.15, -0.1) is 0 Å². The van der Waals surface area contributed by atoms with Crippen molar-refractivity contribution < 1.29 is 59.2 Å². The number of aromatic hydroxyl groups is 3. The van der Waals surface area contributed by atoms with Crippen LogP contribution in [0.3, 0.4) is 0 Å². The fourth-order valence-corrected chi connectivity index (χ4v) is 4.69. The number of aliphatic hydroxyl groups is 3. The zero-order chi connectivity index (χ0) is 30.0. The van der Waals surface area contributed by atoms with Crippen LogP contribution in [0.2, 0.25) is 0 Å². The Morgan fingerprint density at radius 3 is 2.29 bits per heavy atom. The normalized spacial score (nSPS) is 25.5. The maximum atomic E-state index is 12.9. The average Bonchev–Trinajstić information content (AvgIpc) is 2.96. The molecule has 6 atom stereocenters. The average molecular weight is 581 g/mol. The minimum atomic E-state index is -1.73. The Bertz CT molecular complexity index is 1470. The third kappa shape index (κ3) is 6.16. The smallest absolute Gasteiger partial charge is 0.331 e. The van der Waals surface area contributed by atoms with Crippen molar-refractivity contribution in [3.05, 3.63) is 83.4 Å². The summed E-state index contributed by atoms with van der Waals surface area (Å²) in [5.41, 5.74) is 1.12. The van der Waals surface area contributed by atoms with E-state index in [1.165, 1.54) is 36.4 Å². The van der Waals surface area contributed by atoms with Crippen LogP contribution in [0.5, 0.6) is 28.7 Å². The molecule has 12 heteroatoms. The number of fused-ring (bicyclic) bond motifs is 1. The van der Waals surface area contributed by atoms with E-state index in [0.29, 0.717) is 11.1 Å². The van der Waals surface area contributed by atoms with E-state index >= 15 is 0 Å². The minimum absolute atomic E-state index is 0.000184. The van der Waals surface area contributed by atoms with Crippen molar-refractivity contribution in [2.45, 2.75) is 43.2 Å². The van der Waals surface area contributed by atoms with E-state index in [4.69, 9.17) is 18.9 Å². The lowest BCUT2D eigenvalue weighted by molar-refractivity contribution is -0.281. The molecule has 5 rings (SSSR count). The van der Waals surface area contributed by atoms with Gasteiger partial charge in [0.05, 0.1) is 13.0 Å². The number of ketones is 1. The molecule has 0 radical (unpaired) electrons. The van der Waals surface area contributed by atoms with Crippen molar-refractivity contribution in [3.8, 4) is 28.7 Å². The Morgan fingerprint density at radius 2 is 1.62 bits per heavy atom. The summed E-state index contributed by atoms with van der Waals surface area (Å²) in [5, 5.41) is 60.4. The van der Waals surface area contributed by atoms with E-state index in [1.807, 2.05) is 0 Å². The molecule has 2 aliphatic heterocycles. The zero-order valence-electron chi connectivity index (χ0n) is 21.9. The molecule has 0 saturated carbocycles. The van der Waals surface area contributed by atoms with Crippen LogP contribution in [0, 0.1) is 0 Å². The molecule has 42 heavy (non-hydrogen) atoms. The molecule has 220 valence electrons. The van der Waals surface area contributed by atoms with Gasteiger partial charge in [-0.1, -0.05) is 24.3 Å². The highest BCUT2D eigenvalue weighted by atomic mass is 16.7. The highest BCUT2D eigenvalue weighted by Crippen LogP contribution is 2.42. The Balaban J connectivity index is 1.38. The minimum Gasteiger partial charge on any atom is -0.508 e. The molecule has 2 aliphatic rings. The molecule has 6 N–H and O–H groups in total. The van der Waals surface area contributed by atoms with Crippen molar-refractivity contribution in [2.75, 3.05) is 6.61 Å². The quantitative estimate of drug-likeness (QED) is 0.176. The van der Waals surface area contributed by atoms with Crippen LogP contribution >= 0.6 is 0 Å². The first-order valence-electron chi connectivity index (χ1n) is 13.0. The number of esters is 1. The summed E-state index contributed by atoms with van der Waals surface area (Å²) < 4.78 is 22.7. The topological polar surface area (TPSA) is 192 Å². The highest BCUT2D eigenvalue weighted by molar-refractivity contribution is 6.02. The third-order valence-electron chi connectivity index (χ3n) is 6.87. The predicted molar refractivity (Wildman–Crippen MR) is 144 cm³/mol. The van der Waals surface area contributed by atoms with Gasteiger partial charge in [-0.2, -0.15) is 0 Å². The van der Waals surface area contributed by atoms with Crippen LogP contribution in [-0.2, 0) is 14.3 Å². The van der Waals surface area contributed by atoms with Gasteiger partial charge in [-0.3, -0.25) is 4.79 Å². The van der Waals surface area contributed by atoms with Crippen molar-refractivity contribution in [1.29, 1.82) is 0 Å². The number of phenols is 3. The molecule has 3 aromatic rings. The summed E-state index contributed by atoms with van der Waals surface area (Å²) in [6.07, 6.45) is -6.09. The first-order valence-corrected chi connectivity index (χ1v) is 13.0. The molecule has 12 nitrogen and oxygen atoms in total. The Morgan fingerprint density at radius 1 is 0.952 bits per heavy atom. The molecule has 5 unspecified atom stereocenters. The van der Waals surface area contributed by atoms with Crippen molar-refractivity contribution in [3.63, 3.8) is 0 Å². The van der Waals surface area contributed by atoms with Gasteiger partial charge in [0.15, 0.2) is 11.9 Å². The van der Waals surface area contributed by atoms with Gasteiger partial charge in [-0.25, -0.2) is 4.79 Å². The molecular weight excluding hydrogens is 552 g/mol. The van der Waals surface area contributed by atoms with Crippen molar-refractivity contribution in [2.24, 2.45) is 0 Å². The van der Waals surface area contributed by atoms with E-state index in [0.717, 1.165) is 12.1 Å². The van der Waals surface area contributed by atoms with E-state index in [9.17, 15) is 40.2 Å². The summed E-state index contributed by atoms with van der Waals surface area (Å²) >= 11 is 0. The number of ether oxygens (including phenoxy) is 4. The molecule has 2 heterocycles. The van der Waals surface area contributed by atoms with Crippen LogP contribution in [0.4, 0.5) is 0 Å². The molecule has 0 spiro atoms. The molecule has 0 aliphatic carbocycles. The summed E-state index contributed by atoms with van der Waals surface area (Å²) in [6, 6.07) is 14.5. The maximum Gasteiger partial charge on any atom is 0.331 e. The van der Waals surface area contributed by atoms with E-state index in [2.05, 4.69) is 0 Å². The van der Waals surface area contributed by atoms with Gasteiger partial charge in [0.25, 0.3) is 0 Å². The van der Waals surface area contributed by atoms with Gasteiger partial charge in [0.2, 0.25) is 6.29 Å². The maximum absolute atomic E-state index is 12.9. The third-order valence-corrected chi connectivity index (χ3v) is 6.87. The first-order chi connectivity index (χ1) is 20.1. The largest absolute Gasteiger partial charge is 0.508 e. The lowest BCUT2D eigenvalue weighted by atomic mass is 9.95. The predicted octanol–water partition coefficient (Wildman–Crippen LogP) is 1.95. The monoisotopic (exact) mass is 580 g/mol. The lowest BCUT2D eigenvalue weighted by Crippen LogP contribution is -2.61. The Labute approximate surface area is 239 Å². The van der Waals surface area contributed by atoms with Gasteiger partial charge in [0.1, 0.15) is 58.7 Å². The van der Waals surface area contributed by atoms with E-state index < -0.39 is 60.9 Å². The fraction of sp³-hybridized carbons (Fsp3) is 0.267. The summed E-state index contributed by atoms with van der Waals surface area (Å²) in [5.74, 6) is -1.75. The number of rotatable bonds is 7. The van der Waals surface area contributed by atoms with Crippen molar-refractivity contribution in [1.82, 2.24) is 0 Å². The van der Waals surface area contributed by atoms with Gasteiger partial charge in [0, 0.05) is 18.2 Å². The van der Waals surface area contributed by atoms with Gasteiger partial charge in [-0.05, 0) is 41.5 Å². The number of benzene rings is 3. The van der Waals surface area contributed by atoms with Crippen LogP contribution in [0.15, 0.2) is 66.7 Å². The molecular formula is C30H28O12. The molecule has 1 saturated heterocycles. The second kappa shape index (κ2) is 12.1. The number of carbonyl (C=O) groups is 2. The molecule has 0 bridgehead atoms. The molecule has 0 aromatic heterocycles. The van der Waals surface area contributed by atoms with E-state index in [1.54, 1.807) is 24.3 Å². The second-order valence-electron chi connectivity index (χ2n) is 9.79. The summed E-state index contributed by atoms with van der Waals surface area (Å²) in [6.45, 7) is -0.694. The molecule has 3 aromatic carbocycles. The summed E-state index contributed by atoms with van der Waals surface area (Å²) in [7, 11) is 0. The summed E-state index contributed by atoms with van der Waals surface area (Å²) in [4.78, 5) is 25.5. The van der Waals surface area contributed by atoms with Crippen LogP contribution < -0.4 is 9.47 Å². The molecule has 1 fully saturated rings. The zero-order valence-corrected chi connectivity index (χ0v) is 21.9. The number of carbonyl (C=O) groups excluding carboxylic acids is 2. The van der Waals surface area contributed by atoms with Crippen molar-refractivity contribution >= 4 is 17.8 Å². The van der Waals surface area contributed by atoms with Gasteiger partial charge >= 0.3 is 5.97 Å².